The first-order valence-electron chi connectivity index (χ1n) is 5.10. The maximum atomic E-state index is 11.5. The van der Waals surface area contributed by atoms with E-state index in [1.165, 1.54) is 12.8 Å². The molecule has 78 valence electrons. The monoisotopic (exact) mass is 266 g/mol. The van der Waals surface area contributed by atoms with Crippen LogP contribution in [0.25, 0.3) is 0 Å². The Hall–Kier alpha value is -1.03. The molecule has 0 atom stereocenters. The van der Waals surface area contributed by atoms with E-state index in [1.807, 2.05) is 12.1 Å². The van der Waals surface area contributed by atoms with E-state index in [4.69, 9.17) is 0 Å². The summed E-state index contributed by atoms with van der Waals surface area (Å²) in [5.41, 5.74) is 2.08. The van der Waals surface area contributed by atoms with Crippen molar-refractivity contribution in [3.63, 3.8) is 0 Å². The molecule has 1 heterocycles. The molecule has 1 fully saturated rings. The van der Waals surface area contributed by atoms with Gasteiger partial charge in [0, 0.05) is 10.5 Å². The van der Waals surface area contributed by atoms with Crippen LogP contribution in [0.4, 0.5) is 11.4 Å². The molecule has 1 amide bonds. The van der Waals surface area contributed by atoms with Crippen LogP contribution in [-0.2, 0) is 4.79 Å². The molecule has 1 aromatic carbocycles. The van der Waals surface area contributed by atoms with Gasteiger partial charge in [-0.15, -0.1) is 0 Å². The minimum absolute atomic E-state index is 0.0942. The third-order valence-electron chi connectivity index (χ3n) is 2.84. The van der Waals surface area contributed by atoms with Gasteiger partial charge in [0.15, 0.2) is 0 Å². The minimum atomic E-state index is 0.0942. The Morgan fingerprint density at radius 3 is 2.93 bits per heavy atom. The Balaban J connectivity index is 2.06. The van der Waals surface area contributed by atoms with Crippen molar-refractivity contribution in [3.8, 4) is 0 Å². The zero-order chi connectivity index (χ0) is 10.4. The highest BCUT2D eigenvalue weighted by atomic mass is 79.9. The first kappa shape index (κ1) is 9.21. The zero-order valence-electron chi connectivity index (χ0n) is 8.16. The third kappa shape index (κ3) is 1.63. The quantitative estimate of drug-likeness (QED) is 0.847. The molecule has 1 aromatic rings. The van der Waals surface area contributed by atoms with Gasteiger partial charge in [-0.3, -0.25) is 4.79 Å². The minimum Gasteiger partial charge on any atom is -0.358 e. The fourth-order valence-electron chi connectivity index (χ4n) is 1.99. The number of carbonyl (C=O) groups excluding carboxylic acids is 1. The molecule has 0 saturated heterocycles. The van der Waals surface area contributed by atoms with E-state index < -0.39 is 0 Å². The lowest BCUT2D eigenvalue weighted by molar-refractivity contribution is -0.115. The van der Waals surface area contributed by atoms with Gasteiger partial charge >= 0.3 is 0 Å². The van der Waals surface area contributed by atoms with Crippen molar-refractivity contribution in [2.75, 3.05) is 16.8 Å². The second kappa shape index (κ2) is 3.23. The molecule has 0 radical (unpaired) electrons. The van der Waals surface area contributed by atoms with Crippen LogP contribution in [0.1, 0.15) is 12.8 Å². The topological polar surface area (TPSA) is 32.3 Å². The second-order valence-electron chi connectivity index (χ2n) is 4.07. The molecule has 1 aliphatic carbocycles. The summed E-state index contributed by atoms with van der Waals surface area (Å²) >= 11 is 3.46. The van der Waals surface area contributed by atoms with Crippen LogP contribution in [0.2, 0.25) is 0 Å². The van der Waals surface area contributed by atoms with Gasteiger partial charge in [0.05, 0.1) is 17.9 Å². The summed E-state index contributed by atoms with van der Waals surface area (Å²) in [6, 6.07) is 6.55. The highest BCUT2D eigenvalue weighted by molar-refractivity contribution is 9.10. The van der Waals surface area contributed by atoms with Gasteiger partial charge < -0.3 is 10.2 Å². The lowest BCUT2D eigenvalue weighted by Gasteiger charge is -2.31. The number of halogens is 1. The highest BCUT2D eigenvalue weighted by Crippen LogP contribution is 2.39. The zero-order valence-corrected chi connectivity index (χ0v) is 9.75. The van der Waals surface area contributed by atoms with Crippen molar-refractivity contribution in [2.24, 2.45) is 0 Å². The Morgan fingerprint density at radius 2 is 2.20 bits per heavy atom. The molecular weight excluding hydrogens is 256 g/mol. The molecule has 1 aliphatic heterocycles. The highest BCUT2D eigenvalue weighted by Gasteiger charge is 2.34. The molecule has 2 aliphatic rings. The van der Waals surface area contributed by atoms with Gasteiger partial charge in [-0.05, 0) is 31.0 Å². The van der Waals surface area contributed by atoms with E-state index >= 15 is 0 Å². The number of anilines is 2. The summed E-state index contributed by atoms with van der Waals surface area (Å²) in [6.07, 6.45) is 2.42. The molecule has 3 nitrogen and oxygen atoms in total. The summed E-state index contributed by atoms with van der Waals surface area (Å²) in [4.78, 5) is 13.7. The number of nitrogens with one attached hydrogen (secondary N) is 1. The fraction of sp³-hybridized carbons (Fsp3) is 0.364. The summed E-state index contributed by atoms with van der Waals surface area (Å²) in [6.45, 7) is 0.494. The van der Waals surface area contributed by atoms with E-state index in [-0.39, 0.29) is 5.91 Å². The van der Waals surface area contributed by atoms with Crippen LogP contribution in [-0.4, -0.2) is 18.5 Å². The number of rotatable bonds is 1. The van der Waals surface area contributed by atoms with E-state index in [9.17, 15) is 4.79 Å². The van der Waals surface area contributed by atoms with Crippen LogP contribution in [0.5, 0.6) is 0 Å². The van der Waals surface area contributed by atoms with Crippen LogP contribution in [0, 0.1) is 0 Å². The Kier molecular flexibility index (Phi) is 1.99. The lowest BCUT2D eigenvalue weighted by atomic mass is 10.2. The van der Waals surface area contributed by atoms with E-state index in [0.29, 0.717) is 12.6 Å². The standard InChI is InChI=1S/C11H11BrN2O/c12-7-1-4-9-10(5-7)14(8-2-3-8)6-11(15)13-9/h1,4-5,8H,2-3,6H2,(H,13,15). The van der Waals surface area contributed by atoms with E-state index in [1.54, 1.807) is 0 Å². The summed E-state index contributed by atoms with van der Waals surface area (Å²) in [7, 11) is 0. The SMILES string of the molecule is O=C1CN(C2CC2)c2cc(Br)ccc2N1. The largest absolute Gasteiger partial charge is 0.358 e. The molecular formula is C11H11BrN2O. The van der Waals surface area contributed by atoms with Crippen molar-refractivity contribution in [3.05, 3.63) is 22.7 Å². The maximum Gasteiger partial charge on any atom is 0.243 e. The summed E-state index contributed by atoms with van der Waals surface area (Å²) in [5.74, 6) is 0.0942. The number of hydrogen-bond acceptors (Lipinski definition) is 2. The molecule has 0 spiro atoms. The number of amides is 1. The third-order valence-corrected chi connectivity index (χ3v) is 3.34. The summed E-state index contributed by atoms with van der Waals surface area (Å²) < 4.78 is 1.06. The van der Waals surface area contributed by atoms with E-state index in [2.05, 4.69) is 32.2 Å². The molecule has 0 unspecified atom stereocenters. The van der Waals surface area contributed by atoms with E-state index in [0.717, 1.165) is 15.8 Å². The number of fused-ring (bicyclic) bond motifs is 1. The first-order valence-corrected chi connectivity index (χ1v) is 5.89. The normalized spacial score (nSPS) is 19.8. The van der Waals surface area contributed by atoms with Crippen molar-refractivity contribution >= 4 is 33.2 Å². The van der Waals surface area contributed by atoms with Gasteiger partial charge in [-0.25, -0.2) is 0 Å². The van der Waals surface area contributed by atoms with Gasteiger partial charge in [0.2, 0.25) is 5.91 Å². The molecule has 15 heavy (non-hydrogen) atoms. The Bertz CT molecular complexity index is 429. The van der Waals surface area contributed by atoms with Gasteiger partial charge in [0.1, 0.15) is 0 Å². The average molecular weight is 267 g/mol. The van der Waals surface area contributed by atoms with Crippen LogP contribution in [0.15, 0.2) is 22.7 Å². The second-order valence-corrected chi connectivity index (χ2v) is 4.98. The van der Waals surface area contributed by atoms with Gasteiger partial charge in [-0.1, -0.05) is 15.9 Å². The molecule has 1 N–H and O–H groups in total. The summed E-state index contributed by atoms with van der Waals surface area (Å²) in [5, 5.41) is 2.90. The number of nitrogens with zero attached hydrogens (tertiary/aromatic N) is 1. The van der Waals surface area contributed by atoms with Crippen LogP contribution >= 0.6 is 15.9 Å². The number of carbonyl (C=O) groups is 1. The molecule has 3 rings (SSSR count). The Morgan fingerprint density at radius 1 is 1.40 bits per heavy atom. The number of benzene rings is 1. The fourth-order valence-corrected chi connectivity index (χ4v) is 2.34. The first-order chi connectivity index (χ1) is 7.24. The Labute approximate surface area is 96.6 Å². The number of hydrogen-bond donors (Lipinski definition) is 1. The van der Waals surface area contributed by atoms with Crippen molar-refractivity contribution < 1.29 is 4.79 Å². The maximum absolute atomic E-state index is 11.5. The smallest absolute Gasteiger partial charge is 0.243 e. The predicted octanol–water partition coefficient (Wildman–Crippen LogP) is 2.37. The van der Waals surface area contributed by atoms with Crippen molar-refractivity contribution in [1.29, 1.82) is 0 Å². The average Bonchev–Trinajstić information content (AvgIpc) is 3.01. The molecule has 0 bridgehead atoms. The molecule has 1 saturated carbocycles. The van der Waals surface area contributed by atoms with Gasteiger partial charge in [0.25, 0.3) is 0 Å². The predicted molar refractivity (Wildman–Crippen MR) is 63.1 cm³/mol. The molecule has 4 heteroatoms. The van der Waals surface area contributed by atoms with Crippen molar-refractivity contribution in [1.82, 2.24) is 0 Å². The lowest BCUT2D eigenvalue weighted by Crippen LogP contribution is -2.39. The van der Waals surface area contributed by atoms with Crippen molar-refractivity contribution in [2.45, 2.75) is 18.9 Å². The van der Waals surface area contributed by atoms with Crippen LogP contribution < -0.4 is 10.2 Å². The molecule has 0 aromatic heterocycles. The van der Waals surface area contributed by atoms with Crippen LogP contribution in [0.3, 0.4) is 0 Å². The van der Waals surface area contributed by atoms with Gasteiger partial charge in [-0.2, -0.15) is 0 Å².